The van der Waals surface area contributed by atoms with Crippen LogP contribution in [0.2, 0.25) is 0 Å². The maximum absolute atomic E-state index is 11.9. The number of halogens is 3. The second-order valence-electron chi connectivity index (χ2n) is 2.61. The van der Waals surface area contributed by atoms with E-state index in [-0.39, 0.29) is 5.69 Å². The molecular weight excluding hydrogens is 241 g/mol. The second kappa shape index (κ2) is 5.07. The summed E-state index contributed by atoms with van der Waals surface area (Å²) in [6, 6.07) is 2.96. The fourth-order valence-corrected chi connectivity index (χ4v) is 1.71. The van der Waals surface area contributed by atoms with Crippen molar-refractivity contribution in [2.24, 2.45) is 0 Å². The van der Waals surface area contributed by atoms with Crippen LogP contribution in [0, 0.1) is 11.3 Å². The Morgan fingerprint density at radius 2 is 2.25 bits per heavy atom. The molecule has 0 N–H and O–H groups in total. The average molecular weight is 248 g/mol. The summed E-state index contributed by atoms with van der Waals surface area (Å²) in [7, 11) is 0. The van der Waals surface area contributed by atoms with Crippen molar-refractivity contribution in [1.82, 2.24) is 4.98 Å². The molecule has 0 spiro atoms. The first-order valence-corrected chi connectivity index (χ1v) is 5.23. The minimum absolute atomic E-state index is 0.0985. The van der Waals surface area contributed by atoms with Gasteiger partial charge in [0, 0.05) is 4.90 Å². The molecule has 1 heterocycles. The number of aromatic nitrogens is 1. The molecule has 1 aromatic heterocycles. The lowest BCUT2D eigenvalue weighted by Gasteiger charge is -2.09. The number of pyridine rings is 1. The number of hydrogen-bond donors (Lipinski definition) is 0. The van der Waals surface area contributed by atoms with Crippen molar-refractivity contribution in [3.8, 4) is 11.8 Å². The highest BCUT2D eigenvalue weighted by Gasteiger charge is 2.31. The van der Waals surface area contributed by atoms with Crippen molar-refractivity contribution in [3.63, 3.8) is 0 Å². The highest BCUT2D eigenvalue weighted by Crippen LogP contribution is 2.28. The Labute approximate surface area is 94.2 Å². The molecule has 0 aromatic carbocycles. The summed E-state index contributed by atoms with van der Waals surface area (Å²) in [4.78, 5) is 3.97. The molecule has 0 saturated carbocycles. The first kappa shape index (κ1) is 12.6. The molecule has 0 bridgehead atoms. The van der Waals surface area contributed by atoms with Crippen molar-refractivity contribution in [2.45, 2.75) is 18.2 Å². The van der Waals surface area contributed by atoms with E-state index in [0.717, 1.165) is 12.3 Å². The van der Waals surface area contributed by atoms with Gasteiger partial charge in [0.25, 0.3) is 0 Å². The van der Waals surface area contributed by atoms with Crippen LogP contribution in [-0.4, -0.2) is 17.1 Å². The zero-order chi connectivity index (χ0) is 12.2. The maximum atomic E-state index is 11.9. The summed E-state index contributed by atoms with van der Waals surface area (Å²) in [5.41, 5.74) is 0.0985. The average Bonchev–Trinajstić information content (AvgIpc) is 2.16. The number of ether oxygens (including phenoxy) is 1. The molecule has 0 aliphatic heterocycles. The number of nitrogens with zero attached hydrogens (tertiary/aromatic N) is 2. The van der Waals surface area contributed by atoms with E-state index in [1.54, 1.807) is 6.07 Å². The minimum atomic E-state index is -4.75. The highest BCUT2D eigenvalue weighted by molar-refractivity contribution is 7.99. The molecule has 0 aliphatic rings. The lowest BCUT2D eigenvalue weighted by molar-refractivity contribution is -0.274. The SMILES string of the molecule is CCSc1cc(OC(F)(F)F)cnc1C#N. The molecule has 1 rings (SSSR count). The summed E-state index contributed by atoms with van der Waals surface area (Å²) >= 11 is 1.23. The van der Waals surface area contributed by atoms with Crippen LogP contribution < -0.4 is 4.74 Å². The molecule has 7 heteroatoms. The molecule has 3 nitrogen and oxygen atoms in total. The van der Waals surface area contributed by atoms with Gasteiger partial charge in [0.1, 0.15) is 11.8 Å². The third kappa shape index (κ3) is 3.62. The van der Waals surface area contributed by atoms with E-state index >= 15 is 0 Å². The topological polar surface area (TPSA) is 45.9 Å². The molecule has 0 amide bonds. The predicted molar refractivity (Wildman–Crippen MR) is 52.0 cm³/mol. The molecule has 0 saturated heterocycles. The normalized spacial score (nSPS) is 10.9. The quantitative estimate of drug-likeness (QED) is 0.771. The van der Waals surface area contributed by atoms with Crippen LogP contribution in [0.5, 0.6) is 5.75 Å². The molecule has 0 atom stereocenters. The Balaban J connectivity index is 2.98. The Kier molecular flexibility index (Phi) is 4.01. The van der Waals surface area contributed by atoms with Crippen LogP contribution in [0.4, 0.5) is 13.2 Å². The lowest BCUT2D eigenvalue weighted by atomic mass is 10.3. The van der Waals surface area contributed by atoms with Crippen LogP contribution in [0.1, 0.15) is 12.6 Å². The van der Waals surface area contributed by atoms with Crippen LogP contribution in [-0.2, 0) is 0 Å². The smallest absolute Gasteiger partial charge is 0.404 e. The molecule has 0 radical (unpaired) electrons. The summed E-state index contributed by atoms with van der Waals surface area (Å²) in [6.07, 6.45) is -3.87. The largest absolute Gasteiger partial charge is 0.573 e. The molecule has 0 fully saturated rings. The number of alkyl halides is 3. The van der Waals surface area contributed by atoms with Crippen molar-refractivity contribution >= 4 is 11.8 Å². The fourth-order valence-electron chi connectivity index (χ4n) is 0.966. The number of hydrogen-bond acceptors (Lipinski definition) is 4. The summed E-state index contributed by atoms with van der Waals surface area (Å²) in [5.74, 6) is 0.216. The van der Waals surface area contributed by atoms with E-state index in [1.165, 1.54) is 11.8 Å². The fraction of sp³-hybridized carbons (Fsp3) is 0.333. The standard InChI is InChI=1S/C9H7F3N2OS/c1-2-16-8-3-6(15-9(10,11)12)5-14-7(8)4-13/h3,5H,2H2,1H3. The van der Waals surface area contributed by atoms with Gasteiger partial charge in [0.15, 0.2) is 5.69 Å². The number of thioether (sulfide) groups is 1. The number of rotatable bonds is 3. The van der Waals surface area contributed by atoms with Crippen LogP contribution in [0.3, 0.4) is 0 Å². The van der Waals surface area contributed by atoms with Gasteiger partial charge >= 0.3 is 6.36 Å². The van der Waals surface area contributed by atoms with Crippen molar-refractivity contribution in [2.75, 3.05) is 5.75 Å². The highest BCUT2D eigenvalue weighted by atomic mass is 32.2. The summed E-state index contributed by atoms with van der Waals surface area (Å²) in [5, 5.41) is 8.68. The Hall–Kier alpha value is -1.42. The van der Waals surface area contributed by atoms with Gasteiger partial charge in [0.2, 0.25) is 0 Å². The van der Waals surface area contributed by atoms with Gasteiger partial charge in [-0.15, -0.1) is 24.9 Å². The van der Waals surface area contributed by atoms with Crippen molar-refractivity contribution in [1.29, 1.82) is 5.26 Å². The first-order valence-electron chi connectivity index (χ1n) is 4.25. The monoisotopic (exact) mass is 248 g/mol. The zero-order valence-electron chi connectivity index (χ0n) is 8.21. The van der Waals surface area contributed by atoms with E-state index in [4.69, 9.17) is 5.26 Å². The van der Waals surface area contributed by atoms with Gasteiger partial charge < -0.3 is 4.74 Å². The lowest BCUT2D eigenvalue weighted by Crippen LogP contribution is -2.17. The van der Waals surface area contributed by atoms with Gasteiger partial charge in [-0.2, -0.15) is 5.26 Å². The molecular formula is C9H7F3N2OS. The van der Waals surface area contributed by atoms with Gasteiger partial charge in [-0.25, -0.2) is 4.98 Å². The third-order valence-corrected chi connectivity index (χ3v) is 2.38. The molecule has 0 aliphatic carbocycles. The van der Waals surface area contributed by atoms with E-state index in [2.05, 4.69) is 9.72 Å². The summed E-state index contributed by atoms with van der Waals surface area (Å²) < 4.78 is 39.5. The first-order chi connectivity index (χ1) is 7.46. The van der Waals surface area contributed by atoms with Gasteiger partial charge in [-0.1, -0.05) is 6.92 Å². The second-order valence-corrected chi connectivity index (χ2v) is 3.92. The van der Waals surface area contributed by atoms with Crippen molar-refractivity contribution < 1.29 is 17.9 Å². The van der Waals surface area contributed by atoms with Crippen LogP contribution >= 0.6 is 11.8 Å². The number of nitriles is 1. The van der Waals surface area contributed by atoms with Gasteiger partial charge in [-0.05, 0) is 11.8 Å². The maximum Gasteiger partial charge on any atom is 0.573 e. The predicted octanol–water partition coefficient (Wildman–Crippen LogP) is 2.96. The minimum Gasteiger partial charge on any atom is -0.404 e. The van der Waals surface area contributed by atoms with Crippen LogP contribution in [0.15, 0.2) is 17.2 Å². The zero-order valence-corrected chi connectivity index (χ0v) is 9.02. The molecule has 16 heavy (non-hydrogen) atoms. The Morgan fingerprint density at radius 3 is 2.75 bits per heavy atom. The Bertz CT molecular complexity index is 414. The van der Waals surface area contributed by atoms with E-state index in [0.29, 0.717) is 10.6 Å². The van der Waals surface area contributed by atoms with Gasteiger partial charge in [0.05, 0.1) is 6.20 Å². The van der Waals surface area contributed by atoms with Crippen molar-refractivity contribution in [3.05, 3.63) is 18.0 Å². The summed E-state index contributed by atoms with van der Waals surface area (Å²) in [6.45, 7) is 1.82. The van der Waals surface area contributed by atoms with Crippen LogP contribution in [0.25, 0.3) is 0 Å². The van der Waals surface area contributed by atoms with E-state index in [1.807, 2.05) is 6.92 Å². The molecule has 86 valence electrons. The Morgan fingerprint density at radius 1 is 1.56 bits per heavy atom. The van der Waals surface area contributed by atoms with E-state index < -0.39 is 12.1 Å². The third-order valence-electron chi connectivity index (χ3n) is 1.47. The van der Waals surface area contributed by atoms with Gasteiger partial charge in [-0.3, -0.25) is 0 Å². The van der Waals surface area contributed by atoms with E-state index in [9.17, 15) is 13.2 Å². The molecule has 1 aromatic rings. The molecule has 0 unspecified atom stereocenters.